The zero-order valence-corrected chi connectivity index (χ0v) is 16.4. The summed E-state index contributed by atoms with van der Waals surface area (Å²) >= 11 is 0. The SMILES string of the molecule is C[C@@H]1[C@H](Cc2cccc(-c3cccc(F)c3)c2F)N(C(=O)C(C)(C)O)CC1(F)F. The lowest BCUT2D eigenvalue weighted by molar-refractivity contribution is -0.149. The van der Waals surface area contributed by atoms with Gasteiger partial charge in [-0.25, -0.2) is 17.6 Å². The Hall–Kier alpha value is -2.41. The van der Waals surface area contributed by atoms with Gasteiger partial charge in [-0.15, -0.1) is 0 Å². The molecule has 2 aromatic rings. The highest BCUT2D eigenvalue weighted by Gasteiger charge is 2.54. The van der Waals surface area contributed by atoms with E-state index < -0.39 is 47.6 Å². The molecule has 0 unspecified atom stereocenters. The lowest BCUT2D eigenvalue weighted by Gasteiger charge is -2.31. The predicted molar refractivity (Wildman–Crippen MR) is 101 cm³/mol. The Labute approximate surface area is 167 Å². The minimum absolute atomic E-state index is 0.145. The fourth-order valence-electron chi connectivity index (χ4n) is 3.74. The molecule has 1 aliphatic heterocycles. The number of nitrogens with zero attached hydrogens (tertiary/aromatic N) is 1. The van der Waals surface area contributed by atoms with Crippen LogP contribution in [-0.2, 0) is 11.2 Å². The molecule has 3 rings (SSSR count). The second kappa shape index (κ2) is 7.44. The highest BCUT2D eigenvalue weighted by Crippen LogP contribution is 2.40. The molecule has 0 saturated carbocycles. The second-order valence-corrected chi connectivity index (χ2v) is 8.10. The summed E-state index contributed by atoms with van der Waals surface area (Å²) in [4.78, 5) is 13.5. The lowest BCUT2D eigenvalue weighted by atomic mass is 9.91. The molecule has 1 amide bonds. The molecule has 0 spiro atoms. The molecule has 0 aliphatic carbocycles. The molecule has 2 aromatic carbocycles. The number of halogens is 4. The maximum atomic E-state index is 15.2. The predicted octanol–water partition coefficient (Wildman–Crippen LogP) is 4.43. The molecule has 1 N–H and O–H groups in total. The first-order valence-electron chi connectivity index (χ1n) is 9.36. The van der Waals surface area contributed by atoms with Gasteiger partial charge in [0.15, 0.2) is 0 Å². The molecule has 0 radical (unpaired) electrons. The summed E-state index contributed by atoms with van der Waals surface area (Å²) < 4.78 is 57.4. The molecule has 7 heteroatoms. The number of likely N-dealkylation sites (tertiary alicyclic amines) is 1. The van der Waals surface area contributed by atoms with Gasteiger partial charge in [0, 0.05) is 17.5 Å². The van der Waals surface area contributed by atoms with Crippen molar-refractivity contribution >= 4 is 5.91 Å². The molecule has 1 heterocycles. The van der Waals surface area contributed by atoms with E-state index in [4.69, 9.17) is 0 Å². The van der Waals surface area contributed by atoms with Crippen LogP contribution in [0.15, 0.2) is 42.5 Å². The smallest absolute Gasteiger partial charge is 0.269 e. The van der Waals surface area contributed by atoms with Gasteiger partial charge >= 0.3 is 0 Å². The number of amides is 1. The molecule has 0 bridgehead atoms. The van der Waals surface area contributed by atoms with Gasteiger partial charge < -0.3 is 10.0 Å². The molecule has 1 fully saturated rings. The number of hydrogen-bond acceptors (Lipinski definition) is 2. The van der Waals surface area contributed by atoms with Gasteiger partial charge in [-0.3, -0.25) is 4.79 Å². The summed E-state index contributed by atoms with van der Waals surface area (Å²) in [6.45, 7) is 2.96. The highest BCUT2D eigenvalue weighted by molar-refractivity contribution is 5.84. The largest absolute Gasteiger partial charge is 0.381 e. The third-order valence-corrected chi connectivity index (χ3v) is 5.45. The normalized spacial score (nSPS) is 21.4. The monoisotopic (exact) mass is 409 g/mol. The number of rotatable bonds is 4. The van der Waals surface area contributed by atoms with Crippen LogP contribution in [0.2, 0.25) is 0 Å². The molecule has 0 aromatic heterocycles. The van der Waals surface area contributed by atoms with Crippen molar-refractivity contribution in [3.05, 3.63) is 59.7 Å². The van der Waals surface area contributed by atoms with Gasteiger partial charge in [-0.1, -0.05) is 37.3 Å². The van der Waals surface area contributed by atoms with Gasteiger partial charge in [0.25, 0.3) is 11.8 Å². The number of benzene rings is 2. The Morgan fingerprint density at radius 2 is 1.86 bits per heavy atom. The molecule has 156 valence electrons. The molecule has 1 saturated heterocycles. The van der Waals surface area contributed by atoms with Crippen molar-refractivity contribution in [1.29, 1.82) is 0 Å². The summed E-state index contributed by atoms with van der Waals surface area (Å²) in [5.74, 6) is -6.35. The Kier molecular flexibility index (Phi) is 5.47. The van der Waals surface area contributed by atoms with E-state index in [1.807, 2.05) is 0 Å². The van der Waals surface area contributed by atoms with Crippen LogP contribution >= 0.6 is 0 Å². The van der Waals surface area contributed by atoms with Gasteiger partial charge in [-0.05, 0) is 43.5 Å². The second-order valence-electron chi connectivity index (χ2n) is 8.10. The van der Waals surface area contributed by atoms with E-state index in [0.717, 1.165) is 4.90 Å². The maximum Gasteiger partial charge on any atom is 0.269 e. The topological polar surface area (TPSA) is 40.5 Å². The van der Waals surface area contributed by atoms with Crippen molar-refractivity contribution < 1.29 is 27.5 Å². The summed E-state index contributed by atoms with van der Waals surface area (Å²) in [6, 6.07) is 8.99. The van der Waals surface area contributed by atoms with Crippen molar-refractivity contribution in [2.75, 3.05) is 6.54 Å². The summed E-state index contributed by atoms with van der Waals surface area (Å²) in [6.07, 6.45) is -0.145. The summed E-state index contributed by atoms with van der Waals surface area (Å²) in [5.41, 5.74) is -1.19. The van der Waals surface area contributed by atoms with Crippen molar-refractivity contribution in [3.63, 3.8) is 0 Å². The number of hydrogen-bond donors (Lipinski definition) is 1. The van der Waals surface area contributed by atoms with Gasteiger partial charge in [0.1, 0.15) is 17.2 Å². The number of carbonyl (C=O) groups is 1. The van der Waals surface area contributed by atoms with E-state index >= 15 is 4.39 Å². The van der Waals surface area contributed by atoms with Crippen LogP contribution in [0.1, 0.15) is 26.3 Å². The third-order valence-electron chi connectivity index (χ3n) is 5.45. The Bertz CT molecular complexity index is 923. The molecule has 29 heavy (non-hydrogen) atoms. The molecule has 3 nitrogen and oxygen atoms in total. The first-order valence-corrected chi connectivity index (χ1v) is 9.36. The molecule has 1 aliphatic rings. The summed E-state index contributed by atoms with van der Waals surface area (Å²) in [7, 11) is 0. The van der Waals surface area contributed by atoms with Gasteiger partial charge in [0.2, 0.25) is 0 Å². The van der Waals surface area contributed by atoms with Crippen LogP contribution < -0.4 is 0 Å². The van der Waals surface area contributed by atoms with Gasteiger partial charge in [-0.2, -0.15) is 0 Å². The zero-order chi connectivity index (χ0) is 21.6. The lowest BCUT2D eigenvalue weighted by Crippen LogP contribution is -2.49. The minimum atomic E-state index is -3.15. The van der Waals surface area contributed by atoms with E-state index in [9.17, 15) is 23.1 Å². The average Bonchev–Trinajstić information content (AvgIpc) is 2.85. The van der Waals surface area contributed by atoms with E-state index in [1.165, 1.54) is 51.1 Å². The van der Waals surface area contributed by atoms with E-state index in [2.05, 4.69) is 0 Å². The van der Waals surface area contributed by atoms with Crippen LogP contribution in [0.3, 0.4) is 0 Å². The van der Waals surface area contributed by atoms with Crippen LogP contribution in [0.5, 0.6) is 0 Å². The standard InChI is InChI=1S/C22H23F4NO2/c1-13-18(27(12-22(13,25)26)20(28)21(2,3)29)11-15-7-5-9-17(19(15)24)14-6-4-8-16(23)10-14/h4-10,13,18,29H,11-12H2,1-3H3/t13-,18+/m1/s1. The highest BCUT2D eigenvalue weighted by atomic mass is 19.3. The molecular formula is C22H23F4NO2. The average molecular weight is 409 g/mol. The first kappa shape index (κ1) is 21.3. The van der Waals surface area contributed by atoms with Crippen molar-refractivity contribution in [2.45, 2.75) is 44.8 Å². The Morgan fingerprint density at radius 1 is 1.21 bits per heavy atom. The van der Waals surface area contributed by atoms with Gasteiger partial charge in [0.05, 0.1) is 6.54 Å². The van der Waals surface area contributed by atoms with Crippen LogP contribution in [0.4, 0.5) is 17.6 Å². The minimum Gasteiger partial charge on any atom is -0.381 e. The van der Waals surface area contributed by atoms with Crippen LogP contribution in [-0.4, -0.2) is 40.0 Å². The number of aliphatic hydroxyl groups is 1. The fourth-order valence-corrected chi connectivity index (χ4v) is 3.74. The number of alkyl halides is 2. The molecule has 2 atom stereocenters. The maximum absolute atomic E-state index is 15.2. The summed E-state index contributed by atoms with van der Waals surface area (Å²) in [5, 5.41) is 10.0. The van der Waals surface area contributed by atoms with E-state index in [-0.39, 0.29) is 17.5 Å². The van der Waals surface area contributed by atoms with Crippen LogP contribution in [0.25, 0.3) is 11.1 Å². The molecular weight excluding hydrogens is 386 g/mol. The zero-order valence-electron chi connectivity index (χ0n) is 16.4. The third kappa shape index (κ3) is 4.15. The van der Waals surface area contributed by atoms with E-state index in [1.54, 1.807) is 12.1 Å². The quantitative estimate of drug-likeness (QED) is 0.759. The van der Waals surface area contributed by atoms with Crippen LogP contribution in [0, 0.1) is 17.6 Å². The van der Waals surface area contributed by atoms with E-state index in [0.29, 0.717) is 5.56 Å². The van der Waals surface area contributed by atoms with Crippen molar-refractivity contribution in [3.8, 4) is 11.1 Å². The van der Waals surface area contributed by atoms with Crippen molar-refractivity contribution in [1.82, 2.24) is 4.90 Å². The fraction of sp³-hybridized carbons (Fsp3) is 0.409. The first-order chi connectivity index (χ1) is 13.4. The Balaban J connectivity index is 1.97. The Morgan fingerprint density at radius 3 is 2.48 bits per heavy atom. The number of carbonyl (C=O) groups excluding carboxylic acids is 1. The van der Waals surface area contributed by atoms with Crippen molar-refractivity contribution in [2.24, 2.45) is 5.92 Å².